The molecular weight excluding hydrogens is 336 g/mol. The summed E-state index contributed by atoms with van der Waals surface area (Å²) in [6.45, 7) is 3.74. The summed E-state index contributed by atoms with van der Waals surface area (Å²) < 4.78 is 28.2. The predicted molar refractivity (Wildman–Crippen MR) is 93.4 cm³/mol. The fourth-order valence-electron chi connectivity index (χ4n) is 3.12. The molecule has 2 unspecified atom stereocenters. The third-order valence-electron chi connectivity index (χ3n) is 4.71. The summed E-state index contributed by atoms with van der Waals surface area (Å²) >= 11 is 0. The Labute approximate surface area is 144 Å². The van der Waals surface area contributed by atoms with Crippen LogP contribution in [-0.4, -0.2) is 26.3 Å². The second-order valence-electron chi connectivity index (χ2n) is 6.20. The second kappa shape index (κ2) is 7.75. The number of halogens is 1. The van der Waals surface area contributed by atoms with Gasteiger partial charge in [0.2, 0.25) is 10.0 Å². The zero-order valence-electron chi connectivity index (χ0n) is 13.5. The summed E-state index contributed by atoms with van der Waals surface area (Å²) in [4.78, 5) is 11.6. The van der Waals surface area contributed by atoms with Gasteiger partial charge in [0.25, 0.3) is 0 Å². The lowest BCUT2D eigenvalue weighted by Crippen LogP contribution is -2.58. The van der Waals surface area contributed by atoms with Gasteiger partial charge in [-0.2, -0.15) is 0 Å². The Bertz CT molecular complexity index is 663. The first-order valence-electron chi connectivity index (χ1n) is 7.66. The third-order valence-corrected chi connectivity index (χ3v) is 6.26. The van der Waals surface area contributed by atoms with Crippen molar-refractivity contribution in [3.8, 4) is 0 Å². The van der Waals surface area contributed by atoms with Gasteiger partial charge in [0, 0.05) is 17.6 Å². The Morgan fingerprint density at radius 3 is 2.65 bits per heavy atom. The van der Waals surface area contributed by atoms with E-state index >= 15 is 0 Å². The lowest BCUT2D eigenvalue weighted by atomic mass is 9.74. The van der Waals surface area contributed by atoms with Gasteiger partial charge in [-0.15, -0.1) is 12.4 Å². The van der Waals surface area contributed by atoms with Crippen molar-refractivity contribution >= 4 is 28.2 Å². The fourth-order valence-corrected chi connectivity index (χ4v) is 4.70. The topological polar surface area (TPSA) is 89.3 Å². The number of rotatable bonds is 5. The van der Waals surface area contributed by atoms with Crippen molar-refractivity contribution in [2.24, 2.45) is 11.7 Å². The molecule has 0 radical (unpaired) electrons. The molecule has 2 rings (SSSR count). The first-order valence-corrected chi connectivity index (χ1v) is 9.14. The van der Waals surface area contributed by atoms with Crippen molar-refractivity contribution in [1.29, 1.82) is 0 Å². The maximum Gasteiger partial charge on any atom is 0.241 e. The van der Waals surface area contributed by atoms with Gasteiger partial charge in [-0.1, -0.05) is 31.9 Å². The summed E-state index contributed by atoms with van der Waals surface area (Å²) in [5.41, 5.74) is 5.71. The zero-order chi connectivity index (χ0) is 16.4. The van der Waals surface area contributed by atoms with Crippen molar-refractivity contribution < 1.29 is 13.2 Å². The molecule has 130 valence electrons. The van der Waals surface area contributed by atoms with Crippen LogP contribution >= 0.6 is 12.4 Å². The number of ketones is 1. The van der Waals surface area contributed by atoms with E-state index in [9.17, 15) is 13.2 Å². The molecule has 3 N–H and O–H groups in total. The van der Waals surface area contributed by atoms with E-state index in [0.29, 0.717) is 5.56 Å². The predicted octanol–water partition coefficient (Wildman–Crippen LogP) is 2.50. The van der Waals surface area contributed by atoms with E-state index in [1.807, 2.05) is 6.92 Å². The van der Waals surface area contributed by atoms with Crippen LogP contribution in [0.2, 0.25) is 0 Å². The van der Waals surface area contributed by atoms with E-state index in [-0.39, 0.29) is 35.5 Å². The molecule has 1 aliphatic carbocycles. The van der Waals surface area contributed by atoms with Gasteiger partial charge in [-0.3, -0.25) is 4.79 Å². The molecule has 0 heterocycles. The van der Waals surface area contributed by atoms with Crippen LogP contribution in [0.4, 0.5) is 0 Å². The van der Waals surface area contributed by atoms with Crippen molar-refractivity contribution in [2.45, 2.75) is 50.0 Å². The second-order valence-corrected chi connectivity index (χ2v) is 7.88. The smallest absolute Gasteiger partial charge is 0.241 e. The van der Waals surface area contributed by atoms with Crippen LogP contribution in [0.3, 0.4) is 0 Å². The van der Waals surface area contributed by atoms with E-state index in [2.05, 4.69) is 4.72 Å². The van der Waals surface area contributed by atoms with Crippen LogP contribution in [0, 0.1) is 5.92 Å². The van der Waals surface area contributed by atoms with Crippen molar-refractivity contribution in [1.82, 2.24) is 4.72 Å². The monoisotopic (exact) mass is 360 g/mol. The van der Waals surface area contributed by atoms with Crippen LogP contribution < -0.4 is 10.5 Å². The fraction of sp³-hybridized carbons (Fsp3) is 0.562. The normalized spacial score (nSPS) is 24.7. The first-order chi connectivity index (χ1) is 10.3. The number of Topliss-reactive ketones (excluding diaryl/α,β-unsaturated/α-hetero) is 1. The molecule has 1 saturated carbocycles. The molecule has 0 bridgehead atoms. The summed E-state index contributed by atoms with van der Waals surface area (Å²) in [7, 11) is -3.70. The minimum atomic E-state index is -3.70. The maximum absolute atomic E-state index is 12.7. The highest BCUT2D eigenvalue weighted by Gasteiger charge is 2.40. The highest BCUT2D eigenvalue weighted by Crippen LogP contribution is 2.34. The van der Waals surface area contributed by atoms with Gasteiger partial charge in [0.1, 0.15) is 0 Å². The Kier molecular flexibility index (Phi) is 6.77. The first kappa shape index (κ1) is 20.1. The zero-order valence-corrected chi connectivity index (χ0v) is 15.2. The quantitative estimate of drug-likeness (QED) is 0.789. The summed E-state index contributed by atoms with van der Waals surface area (Å²) in [5.74, 6) is 0.0358. The average Bonchev–Trinajstić information content (AvgIpc) is 2.49. The molecule has 1 aromatic carbocycles. The molecule has 5 nitrogen and oxygen atoms in total. The molecule has 0 amide bonds. The van der Waals surface area contributed by atoms with Crippen LogP contribution in [0.1, 0.15) is 49.9 Å². The Morgan fingerprint density at radius 1 is 1.39 bits per heavy atom. The van der Waals surface area contributed by atoms with E-state index in [1.54, 1.807) is 12.1 Å². The van der Waals surface area contributed by atoms with Crippen LogP contribution in [0.15, 0.2) is 29.2 Å². The number of benzene rings is 1. The molecule has 0 saturated heterocycles. The molecular formula is C16H25ClN2O3S. The molecule has 0 aliphatic heterocycles. The molecule has 1 aliphatic rings. The minimum absolute atomic E-state index is 0. The SMILES string of the molecule is CC(=O)c1cccc(S(=O)(=O)NC2(CN)CCCCC2C)c1.Cl. The number of hydrogen-bond donors (Lipinski definition) is 2. The molecule has 0 spiro atoms. The highest BCUT2D eigenvalue weighted by molar-refractivity contribution is 7.89. The van der Waals surface area contributed by atoms with Crippen molar-refractivity contribution in [3.63, 3.8) is 0 Å². The van der Waals surface area contributed by atoms with Gasteiger partial charge in [0.15, 0.2) is 5.78 Å². The lowest BCUT2D eigenvalue weighted by molar-refractivity contribution is 0.101. The Hall–Kier alpha value is -0.950. The van der Waals surface area contributed by atoms with Crippen LogP contribution in [0.25, 0.3) is 0 Å². The van der Waals surface area contributed by atoms with Gasteiger partial charge < -0.3 is 5.73 Å². The Balaban J connectivity index is 0.00000264. The molecule has 2 atom stereocenters. The van der Waals surface area contributed by atoms with E-state index < -0.39 is 15.6 Å². The molecule has 23 heavy (non-hydrogen) atoms. The summed E-state index contributed by atoms with van der Waals surface area (Å²) in [6.07, 6.45) is 3.78. The van der Waals surface area contributed by atoms with Crippen LogP contribution in [0.5, 0.6) is 0 Å². The van der Waals surface area contributed by atoms with Gasteiger partial charge >= 0.3 is 0 Å². The lowest BCUT2D eigenvalue weighted by Gasteiger charge is -2.42. The average molecular weight is 361 g/mol. The van der Waals surface area contributed by atoms with Gasteiger partial charge in [-0.05, 0) is 37.8 Å². The van der Waals surface area contributed by atoms with Crippen molar-refractivity contribution in [2.75, 3.05) is 6.54 Å². The maximum atomic E-state index is 12.7. The molecule has 1 aromatic rings. The van der Waals surface area contributed by atoms with Gasteiger partial charge in [0.05, 0.1) is 4.90 Å². The number of carbonyl (C=O) groups is 1. The van der Waals surface area contributed by atoms with Crippen molar-refractivity contribution in [3.05, 3.63) is 29.8 Å². The summed E-state index contributed by atoms with van der Waals surface area (Å²) in [6, 6.07) is 6.13. The number of hydrogen-bond acceptors (Lipinski definition) is 4. The number of sulfonamides is 1. The van der Waals surface area contributed by atoms with Crippen LogP contribution in [-0.2, 0) is 10.0 Å². The number of nitrogens with two attached hydrogens (primary N) is 1. The minimum Gasteiger partial charge on any atom is -0.329 e. The number of carbonyl (C=O) groups excluding carboxylic acids is 1. The Morgan fingerprint density at radius 2 is 2.09 bits per heavy atom. The van der Waals surface area contributed by atoms with E-state index in [4.69, 9.17) is 5.73 Å². The summed E-state index contributed by atoms with van der Waals surface area (Å²) in [5, 5.41) is 0. The molecule has 1 fully saturated rings. The third kappa shape index (κ3) is 4.32. The van der Waals surface area contributed by atoms with E-state index in [1.165, 1.54) is 19.1 Å². The standard InChI is InChI=1S/C16H24N2O3S.ClH/c1-12-6-3-4-9-16(12,11-17)18-22(20,21)15-8-5-7-14(10-15)13(2)19;/h5,7-8,10,12,18H,3-4,6,9,11,17H2,1-2H3;1H. The highest BCUT2D eigenvalue weighted by atomic mass is 35.5. The number of nitrogens with one attached hydrogen (secondary N) is 1. The molecule has 0 aromatic heterocycles. The van der Waals surface area contributed by atoms with Gasteiger partial charge in [-0.25, -0.2) is 13.1 Å². The largest absolute Gasteiger partial charge is 0.329 e. The molecule has 7 heteroatoms. The van der Waals surface area contributed by atoms with E-state index in [0.717, 1.165) is 25.7 Å².